The largest absolute Gasteiger partial charge is 0.490 e. The van der Waals surface area contributed by atoms with Gasteiger partial charge < -0.3 is 14.9 Å². The Hall–Kier alpha value is -1.99. The molecular formula is C7H10N4O4. The van der Waals surface area contributed by atoms with Gasteiger partial charge in [0.1, 0.15) is 0 Å². The maximum absolute atomic E-state index is 11.1. The van der Waals surface area contributed by atoms with Gasteiger partial charge >= 0.3 is 11.9 Å². The van der Waals surface area contributed by atoms with Crippen LogP contribution in [0.4, 0.5) is 5.95 Å². The molecule has 0 bridgehead atoms. The van der Waals surface area contributed by atoms with Crippen LogP contribution in [0.2, 0.25) is 0 Å². The average Bonchev–Trinajstić information content (AvgIpc) is 2.50. The van der Waals surface area contributed by atoms with Gasteiger partial charge in [0.2, 0.25) is 6.33 Å². The average molecular weight is 214 g/mol. The van der Waals surface area contributed by atoms with Gasteiger partial charge in [-0.3, -0.25) is 0 Å². The number of carbonyl (C=O) groups excluding carboxylic acids is 1. The van der Waals surface area contributed by atoms with E-state index >= 15 is 0 Å². The zero-order chi connectivity index (χ0) is 11.4. The second-order valence-corrected chi connectivity index (χ2v) is 3.04. The highest BCUT2D eigenvalue weighted by Gasteiger charge is 2.16. The summed E-state index contributed by atoms with van der Waals surface area (Å²) in [6, 6.07) is 0. The van der Waals surface area contributed by atoms with Gasteiger partial charge in [0, 0.05) is 5.10 Å². The van der Waals surface area contributed by atoms with E-state index in [1.807, 2.05) is 0 Å². The molecule has 0 unspecified atom stereocenters. The topological polar surface area (TPSA) is 100 Å². The van der Waals surface area contributed by atoms with Gasteiger partial charge in [0.05, 0.1) is 6.10 Å². The van der Waals surface area contributed by atoms with E-state index in [1.54, 1.807) is 13.8 Å². The number of ether oxygens (including phenoxy) is 1. The van der Waals surface area contributed by atoms with Crippen LogP contribution in [-0.2, 0) is 16.1 Å². The molecule has 8 heteroatoms. The summed E-state index contributed by atoms with van der Waals surface area (Å²) in [7, 11) is 0. The van der Waals surface area contributed by atoms with Gasteiger partial charge in [0.25, 0.3) is 0 Å². The molecule has 0 saturated heterocycles. The van der Waals surface area contributed by atoms with Crippen molar-refractivity contribution in [3.63, 3.8) is 0 Å². The van der Waals surface area contributed by atoms with Crippen LogP contribution >= 0.6 is 0 Å². The third kappa shape index (κ3) is 3.33. The number of carbonyl (C=O) groups is 1. The first kappa shape index (κ1) is 11.1. The van der Waals surface area contributed by atoms with Crippen LogP contribution in [0.3, 0.4) is 0 Å². The predicted molar refractivity (Wildman–Crippen MR) is 47.9 cm³/mol. The lowest BCUT2D eigenvalue weighted by Crippen LogP contribution is -2.17. The smallest absolute Gasteiger partial charge is 0.462 e. The van der Waals surface area contributed by atoms with Crippen LogP contribution in [0.1, 0.15) is 13.8 Å². The first-order chi connectivity index (χ1) is 6.99. The van der Waals surface area contributed by atoms with E-state index in [0.29, 0.717) is 0 Å². The Morgan fingerprint density at radius 3 is 2.87 bits per heavy atom. The van der Waals surface area contributed by atoms with Crippen LogP contribution < -0.4 is 0 Å². The van der Waals surface area contributed by atoms with Crippen LogP contribution in [0, 0.1) is 10.1 Å². The SMILES string of the molecule is CC(C)OC(=O)Cn1cnc([N+](=O)[O-])n1. The maximum Gasteiger partial charge on any atom is 0.490 e. The molecule has 1 aromatic heterocycles. The summed E-state index contributed by atoms with van der Waals surface area (Å²) in [6.45, 7) is 3.24. The Balaban J connectivity index is 2.57. The molecule has 0 aliphatic carbocycles. The molecule has 1 heterocycles. The van der Waals surface area contributed by atoms with E-state index in [9.17, 15) is 14.9 Å². The van der Waals surface area contributed by atoms with Crippen molar-refractivity contribution in [2.45, 2.75) is 26.5 Å². The molecule has 0 N–H and O–H groups in total. The Labute approximate surface area is 85.0 Å². The van der Waals surface area contributed by atoms with Crippen LogP contribution in [0.5, 0.6) is 0 Å². The van der Waals surface area contributed by atoms with Crippen LogP contribution in [0.25, 0.3) is 0 Å². The van der Waals surface area contributed by atoms with Gasteiger partial charge in [-0.15, -0.1) is 0 Å². The summed E-state index contributed by atoms with van der Waals surface area (Å²) in [5.74, 6) is -1.04. The fourth-order valence-electron chi connectivity index (χ4n) is 0.877. The Bertz CT molecular complexity index is 373. The van der Waals surface area contributed by atoms with Crippen molar-refractivity contribution < 1.29 is 14.5 Å². The number of nitro groups is 1. The number of hydrogen-bond donors (Lipinski definition) is 0. The molecule has 0 amide bonds. The Kier molecular flexibility index (Phi) is 3.32. The van der Waals surface area contributed by atoms with Crippen LogP contribution in [-0.4, -0.2) is 31.8 Å². The van der Waals surface area contributed by atoms with E-state index in [2.05, 4.69) is 10.1 Å². The van der Waals surface area contributed by atoms with Crippen molar-refractivity contribution in [2.75, 3.05) is 0 Å². The van der Waals surface area contributed by atoms with Crippen molar-refractivity contribution in [1.82, 2.24) is 14.8 Å². The lowest BCUT2D eigenvalue weighted by Gasteiger charge is -2.05. The normalized spacial score (nSPS) is 10.3. The predicted octanol–water partition coefficient (Wildman–Crippen LogP) is 0.138. The van der Waals surface area contributed by atoms with Crippen molar-refractivity contribution in [2.24, 2.45) is 0 Å². The fraction of sp³-hybridized carbons (Fsp3) is 0.571. The molecule has 0 aliphatic heterocycles. The quantitative estimate of drug-likeness (QED) is 0.401. The number of aromatic nitrogens is 3. The highest BCUT2D eigenvalue weighted by molar-refractivity contribution is 5.69. The molecule has 0 atom stereocenters. The zero-order valence-electron chi connectivity index (χ0n) is 8.28. The summed E-state index contributed by atoms with van der Waals surface area (Å²) < 4.78 is 5.88. The second-order valence-electron chi connectivity index (χ2n) is 3.04. The summed E-state index contributed by atoms with van der Waals surface area (Å²) in [6.07, 6.45) is 0.885. The molecule has 0 aliphatic rings. The highest BCUT2D eigenvalue weighted by atomic mass is 16.6. The number of hydrogen-bond acceptors (Lipinski definition) is 6. The summed E-state index contributed by atoms with van der Waals surface area (Å²) in [5.41, 5.74) is 0. The molecule has 0 radical (unpaired) electrons. The van der Waals surface area contributed by atoms with E-state index in [-0.39, 0.29) is 12.6 Å². The van der Waals surface area contributed by atoms with Gasteiger partial charge in [-0.25, -0.2) is 4.79 Å². The fourth-order valence-corrected chi connectivity index (χ4v) is 0.877. The molecule has 1 rings (SSSR count). The summed E-state index contributed by atoms with van der Waals surface area (Å²) in [5, 5.41) is 13.7. The monoisotopic (exact) mass is 214 g/mol. The lowest BCUT2D eigenvalue weighted by atomic mass is 10.5. The third-order valence-corrected chi connectivity index (χ3v) is 1.35. The molecular weight excluding hydrogens is 204 g/mol. The zero-order valence-corrected chi connectivity index (χ0v) is 8.28. The minimum atomic E-state index is -0.732. The summed E-state index contributed by atoms with van der Waals surface area (Å²) in [4.78, 5) is 24.0. The molecule has 8 nitrogen and oxygen atoms in total. The maximum atomic E-state index is 11.1. The minimum absolute atomic E-state index is 0.182. The Morgan fingerprint density at radius 2 is 2.40 bits per heavy atom. The van der Waals surface area contributed by atoms with Crippen molar-refractivity contribution in [1.29, 1.82) is 0 Å². The standard InChI is InChI=1S/C7H10N4O4/c1-5(2)15-6(12)3-10-4-8-7(9-10)11(13)14/h4-5H,3H2,1-2H3. The lowest BCUT2D eigenvalue weighted by molar-refractivity contribution is -0.394. The number of esters is 1. The summed E-state index contributed by atoms with van der Waals surface area (Å²) >= 11 is 0. The van der Waals surface area contributed by atoms with E-state index in [4.69, 9.17) is 4.74 Å². The van der Waals surface area contributed by atoms with Crippen molar-refractivity contribution in [3.05, 3.63) is 16.4 Å². The first-order valence-electron chi connectivity index (χ1n) is 4.22. The van der Waals surface area contributed by atoms with E-state index in [1.165, 1.54) is 0 Å². The van der Waals surface area contributed by atoms with E-state index in [0.717, 1.165) is 11.0 Å². The third-order valence-electron chi connectivity index (χ3n) is 1.35. The molecule has 0 aromatic carbocycles. The number of rotatable bonds is 4. The Morgan fingerprint density at radius 1 is 1.73 bits per heavy atom. The van der Waals surface area contributed by atoms with Crippen molar-refractivity contribution >= 4 is 11.9 Å². The molecule has 0 spiro atoms. The van der Waals surface area contributed by atoms with Gasteiger partial charge in [-0.1, -0.05) is 4.98 Å². The molecule has 0 saturated carbocycles. The van der Waals surface area contributed by atoms with Gasteiger partial charge in [0.15, 0.2) is 6.54 Å². The van der Waals surface area contributed by atoms with Crippen molar-refractivity contribution in [3.8, 4) is 0 Å². The molecule has 0 fully saturated rings. The van der Waals surface area contributed by atoms with E-state index < -0.39 is 16.8 Å². The molecule has 82 valence electrons. The highest BCUT2D eigenvalue weighted by Crippen LogP contribution is 2.00. The molecule has 1 aromatic rings. The van der Waals surface area contributed by atoms with Crippen LogP contribution in [0.15, 0.2) is 6.33 Å². The molecule has 15 heavy (non-hydrogen) atoms. The van der Waals surface area contributed by atoms with Gasteiger partial charge in [-0.2, -0.15) is 4.68 Å². The number of nitrogens with zero attached hydrogens (tertiary/aromatic N) is 4. The second kappa shape index (κ2) is 4.49. The first-order valence-corrected chi connectivity index (χ1v) is 4.22. The minimum Gasteiger partial charge on any atom is -0.462 e. The van der Waals surface area contributed by atoms with Gasteiger partial charge in [-0.05, 0) is 18.8 Å².